The lowest BCUT2D eigenvalue weighted by Gasteiger charge is -2.41. The van der Waals surface area contributed by atoms with Crippen LogP contribution in [0.3, 0.4) is 0 Å². The number of hydrogen-bond acceptors (Lipinski definition) is 8. The second-order valence-corrected chi connectivity index (χ2v) is 8.08. The number of aromatic nitrogens is 2. The van der Waals surface area contributed by atoms with E-state index in [0.717, 1.165) is 18.3 Å². The number of rotatable bonds is 7. The second kappa shape index (κ2) is 10.3. The standard InChI is InChI=1S/C22H21F6N3O6/c1-33-18-15(34-8-9-36-22(26,27)28)3-2-14(30-18)19(32)31-7-5-20(17(11-31)35-12-37-20)16-10-13(4-6-29-16)21(23,24)25/h2-4,6,10,17H,5,7-9,11-12H2,1H3/t17-,20-/m1/s1. The second-order valence-electron chi connectivity index (χ2n) is 8.08. The van der Waals surface area contributed by atoms with Gasteiger partial charge < -0.3 is 23.8 Å². The number of alkyl halides is 6. The number of ether oxygens (including phenoxy) is 5. The molecule has 37 heavy (non-hydrogen) atoms. The summed E-state index contributed by atoms with van der Waals surface area (Å²) >= 11 is 0. The van der Waals surface area contributed by atoms with Gasteiger partial charge in [-0.15, -0.1) is 13.2 Å². The minimum absolute atomic E-state index is 0.00522. The van der Waals surface area contributed by atoms with Gasteiger partial charge in [-0.3, -0.25) is 14.5 Å². The van der Waals surface area contributed by atoms with Crippen molar-refractivity contribution < 1.29 is 54.8 Å². The predicted octanol–water partition coefficient (Wildman–Crippen LogP) is 3.53. The number of pyridine rings is 2. The highest BCUT2D eigenvalue weighted by atomic mass is 19.4. The lowest BCUT2D eigenvalue weighted by Crippen LogP contribution is -2.54. The van der Waals surface area contributed by atoms with Crippen LogP contribution < -0.4 is 9.47 Å². The fourth-order valence-corrected chi connectivity index (χ4v) is 4.14. The Morgan fingerprint density at radius 3 is 2.68 bits per heavy atom. The van der Waals surface area contributed by atoms with Gasteiger partial charge in [0.15, 0.2) is 5.75 Å². The first-order chi connectivity index (χ1) is 17.4. The Labute approximate surface area is 206 Å². The van der Waals surface area contributed by atoms with Crippen LogP contribution in [-0.4, -0.2) is 73.4 Å². The van der Waals surface area contributed by atoms with Crippen molar-refractivity contribution in [3.05, 3.63) is 47.4 Å². The zero-order valence-corrected chi connectivity index (χ0v) is 19.3. The Morgan fingerprint density at radius 2 is 1.97 bits per heavy atom. The summed E-state index contributed by atoms with van der Waals surface area (Å²) in [7, 11) is 1.25. The summed E-state index contributed by atoms with van der Waals surface area (Å²) in [4.78, 5) is 22.7. The fraction of sp³-hybridized carbons (Fsp3) is 0.500. The van der Waals surface area contributed by atoms with Crippen LogP contribution >= 0.6 is 0 Å². The number of fused-ring (bicyclic) bond motifs is 1. The first kappa shape index (κ1) is 26.9. The van der Waals surface area contributed by atoms with Crippen molar-refractivity contribution in [2.24, 2.45) is 0 Å². The van der Waals surface area contributed by atoms with Gasteiger partial charge in [-0.2, -0.15) is 13.2 Å². The number of carbonyl (C=O) groups is 1. The molecule has 1 amide bonds. The minimum Gasteiger partial charge on any atom is -0.486 e. The Hall–Kier alpha value is -3.17. The monoisotopic (exact) mass is 537 g/mol. The largest absolute Gasteiger partial charge is 0.522 e. The highest BCUT2D eigenvalue weighted by Crippen LogP contribution is 2.43. The van der Waals surface area contributed by atoms with Crippen molar-refractivity contribution in [2.75, 3.05) is 40.2 Å². The van der Waals surface area contributed by atoms with Gasteiger partial charge in [0.1, 0.15) is 30.8 Å². The van der Waals surface area contributed by atoms with E-state index in [9.17, 15) is 31.1 Å². The number of carbonyl (C=O) groups excluding carboxylic acids is 1. The van der Waals surface area contributed by atoms with E-state index in [0.29, 0.717) is 0 Å². The molecule has 15 heteroatoms. The molecule has 2 atom stereocenters. The van der Waals surface area contributed by atoms with Gasteiger partial charge in [0.25, 0.3) is 11.8 Å². The topological polar surface area (TPSA) is 92.2 Å². The van der Waals surface area contributed by atoms with Crippen LogP contribution in [0.2, 0.25) is 0 Å². The third-order valence-corrected chi connectivity index (χ3v) is 5.90. The molecule has 4 heterocycles. The molecule has 4 rings (SSSR count). The lowest BCUT2D eigenvalue weighted by atomic mass is 9.84. The molecule has 9 nitrogen and oxygen atoms in total. The number of methoxy groups -OCH3 is 1. The first-order valence-corrected chi connectivity index (χ1v) is 10.9. The van der Waals surface area contributed by atoms with Crippen molar-refractivity contribution in [1.29, 1.82) is 0 Å². The van der Waals surface area contributed by atoms with Crippen molar-refractivity contribution in [2.45, 2.75) is 30.7 Å². The number of piperidine rings is 1. The quantitative estimate of drug-likeness (QED) is 0.392. The van der Waals surface area contributed by atoms with Gasteiger partial charge in [0.2, 0.25) is 0 Å². The molecule has 0 radical (unpaired) electrons. The third kappa shape index (κ3) is 5.88. The predicted molar refractivity (Wildman–Crippen MR) is 111 cm³/mol. The minimum atomic E-state index is -4.79. The summed E-state index contributed by atoms with van der Waals surface area (Å²) in [6.45, 7) is -1.28. The van der Waals surface area contributed by atoms with E-state index in [4.69, 9.17) is 18.9 Å². The van der Waals surface area contributed by atoms with E-state index >= 15 is 0 Å². The number of nitrogens with zero attached hydrogens (tertiary/aromatic N) is 3. The van der Waals surface area contributed by atoms with E-state index in [1.54, 1.807) is 0 Å². The summed E-state index contributed by atoms with van der Waals surface area (Å²) in [6, 6.07) is 4.42. The Balaban J connectivity index is 1.46. The first-order valence-electron chi connectivity index (χ1n) is 10.9. The molecule has 0 aliphatic carbocycles. The molecule has 2 aromatic heterocycles. The zero-order valence-electron chi connectivity index (χ0n) is 19.3. The number of likely N-dealkylation sites (tertiary alicyclic amines) is 1. The molecule has 2 saturated heterocycles. The van der Waals surface area contributed by atoms with Gasteiger partial charge in [-0.25, -0.2) is 4.98 Å². The highest BCUT2D eigenvalue weighted by molar-refractivity contribution is 5.92. The van der Waals surface area contributed by atoms with Crippen molar-refractivity contribution in [3.8, 4) is 11.6 Å². The fourth-order valence-electron chi connectivity index (χ4n) is 4.14. The maximum Gasteiger partial charge on any atom is 0.522 e. The smallest absolute Gasteiger partial charge is 0.486 e. The summed E-state index contributed by atoms with van der Waals surface area (Å²) < 4.78 is 101. The van der Waals surface area contributed by atoms with E-state index in [-0.39, 0.29) is 49.3 Å². The summed E-state index contributed by atoms with van der Waals surface area (Å²) in [5, 5.41) is 0. The SMILES string of the molecule is COc1nc(C(=O)N2CC[C@]3(c4cc(C(F)(F)F)ccn4)OCO[C@@H]3C2)ccc1OCCOC(F)(F)F. The lowest BCUT2D eigenvalue weighted by molar-refractivity contribution is -0.325. The summed E-state index contributed by atoms with van der Waals surface area (Å²) in [5.41, 5.74) is -2.10. The molecule has 0 saturated carbocycles. The average molecular weight is 537 g/mol. The van der Waals surface area contributed by atoms with Crippen molar-refractivity contribution >= 4 is 5.91 Å². The molecule has 2 aromatic rings. The molecule has 2 aliphatic rings. The van der Waals surface area contributed by atoms with Crippen molar-refractivity contribution in [1.82, 2.24) is 14.9 Å². The molecule has 202 valence electrons. The number of halogens is 6. The average Bonchev–Trinajstić information content (AvgIpc) is 3.29. The molecule has 0 aromatic carbocycles. The number of amides is 1. The van der Waals surface area contributed by atoms with E-state index in [2.05, 4.69) is 14.7 Å². The maximum atomic E-state index is 13.2. The Bertz CT molecular complexity index is 1130. The Morgan fingerprint density at radius 1 is 1.19 bits per heavy atom. The molecule has 0 unspecified atom stereocenters. The van der Waals surface area contributed by atoms with Crippen LogP contribution in [0.5, 0.6) is 11.6 Å². The molecular weight excluding hydrogens is 516 g/mol. The summed E-state index contributed by atoms with van der Waals surface area (Å²) in [5.74, 6) is -0.644. The van der Waals surface area contributed by atoms with Gasteiger partial charge in [0.05, 0.1) is 31.5 Å². The zero-order chi connectivity index (χ0) is 26.8. The van der Waals surface area contributed by atoms with Gasteiger partial charge >= 0.3 is 12.5 Å². The molecule has 2 fully saturated rings. The maximum absolute atomic E-state index is 13.2. The van der Waals surface area contributed by atoms with Crippen LogP contribution in [0, 0.1) is 0 Å². The van der Waals surface area contributed by atoms with Gasteiger partial charge in [-0.05, 0) is 24.3 Å². The summed E-state index contributed by atoms with van der Waals surface area (Å²) in [6.07, 6.45) is -8.96. The van der Waals surface area contributed by atoms with Crippen LogP contribution in [0.15, 0.2) is 30.5 Å². The highest BCUT2D eigenvalue weighted by Gasteiger charge is 2.53. The van der Waals surface area contributed by atoms with E-state index in [1.165, 1.54) is 24.1 Å². The van der Waals surface area contributed by atoms with Crippen LogP contribution in [0.25, 0.3) is 0 Å². The van der Waals surface area contributed by atoms with Crippen molar-refractivity contribution in [3.63, 3.8) is 0 Å². The van der Waals surface area contributed by atoms with Gasteiger partial charge in [-0.1, -0.05) is 0 Å². The van der Waals surface area contributed by atoms with Crippen LogP contribution in [-0.2, 0) is 26.0 Å². The molecule has 0 N–H and O–H groups in total. The molecule has 0 bridgehead atoms. The molecular formula is C22H21F6N3O6. The van der Waals surface area contributed by atoms with Crippen LogP contribution in [0.4, 0.5) is 26.3 Å². The molecule has 2 aliphatic heterocycles. The van der Waals surface area contributed by atoms with E-state index < -0.39 is 48.9 Å². The van der Waals surface area contributed by atoms with Crippen LogP contribution in [0.1, 0.15) is 28.2 Å². The Kier molecular flexibility index (Phi) is 7.48. The third-order valence-electron chi connectivity index (χ3n) is 5.90. The number of hydrogen-bond donors (Lipinski definition) is 0. The molecule has 0 spiro atoms. The van der Waals surface area contributed by atoms with E-state index in [1.807, 2.05) is 0 Å². The van der Waals surface area contributed by atoms with Gasteiger partial charge in [0, 0.05) is 19.2 Å². The normalized spacial score (nSPS) is 22.0.